The van der Waals surface area contributed by atoms with E-state index in [2.05, 4.69) is 17.0 Å². The van der Waals surface area contributed by atoms with Crippen molar-refractivity contribution in [3.8, 4) is 0 Å². The first-order valence-electron chi connectivity index (χ1n) is 4.16. The second-order valence-electron chi connectivity index (χ2n) is 2.61. The normalized spacial score (nSPS) is 12.2. The lowest BCUT2D eigenvalue weighted by Gasteiger charge is -2.08. The highest BCUT2D eigenvalue weighted by molar-refractivity contribution is 6.20. The molecule has 1 amide bonds. The first-order chi connectivity index (χ1) is 5.70. The second kappa shape index (κ2) is 7.22. The molecule has 0 aliphatic heterocycles. The number of alkyl carbamates (subject to hydrolysis) is 1. The van der Waals surface area contributed by atoms with E-state index in [4.69, 9.17) is 11.6 Å². The molecule has 0 aromatic carbocycles. The summed E-state index contributed by atoms with van der Waals surface area (Å²) in [5.74, 6) is 0. The number of alkyl halides is 1. The third-order valence-electron chi connectivity index (χ3n) is 1.52. The number of methoxy groups -OCH3 is 1. The van der Waals surface area contributed by atoms with Crippen molar-refractivity contribution >= 4 is 17.7 Å². The number of rotatable bonds is 5. The Kier molecular flexibility index (Phi) is 6.96. The van der Waals surface area contributed by atoms with Gasteiger partial charge >= 0.3 is 6.09 Å². The van der Waals surface area contributed by atoms with E-state index < -0.39 is 6.09 Å². The Hall–Kier alpha value is -0.440. The van der Waals surface area contributed by atoms with Crippen LogP contribution < -0.4 is 5.32 Å². The average Bonchev–Trinajstić information content (AvgIpc) is 2.10. The van der Waals surface area contributed by atoms with Crippen LogP contribution in [0.4, 0.5) is 4.79 Å². The molecule has 0 aliphatic carbocycles. The molecule has 0 fully saturated rings. The molecule has 0 heterocycles. The van der Waals surface area contributed by atoms with Gasteiger partial charge in [0.15, 0.2) is 0 Å². The molecule has 12 heavy (non-hydrogen) atoms. The molecular formula is C8H16ClNO2. The zero-order chi connectivity index (χ0) is 9.40. The van der Waals surface area contributed by atoms with Gasteiger partial charge in [0.2, 0.25) is 0 Å². The van der Waals surface area contributed by atoms with Crippen LogP contribution in [0.2, 0.25) is 0 Å². The molecule has 0 aromatic rings. The molecule has 0 aromatic heterocycles. The summed E-state index contributed by atoms with van der Waals surface area (Å²) in [6, 6.07) is 0. The largest absolute Gasteiger partial charge is 0.453 e. The maximum atomic E-state index is 10.6. The van der Waals surface area contributed by atoms with Crippen molar-refractivity contribution in [3.63, 3.8) is 0 Å². The van der Waals surface area contributed by atoms with Crippen molar-refractivity contribution < 1.29 is 9.53 Å². The first kappa shape index (κ1) is 11.6. The number of carbonyl (C=O) groups excluding carboxylic acids is 1. The number of hydrogen-bond donors (Lipinski definition) is 1. The van der Waals surface area contributed by atoms with Gasteiger partial charge in [-0.05, 0) is 6.42 Å². The van der Waals surface area contributed by atoms with Gasteiger partial charge in [0.05, 0.1) is 12.5 Å². The quantitative estimate of drug-likeness (QED) is 0.680. The van der Waals surface area contributed by atoms with Crippen LogP contribution in [0.1, 0.15) is 26.2 Å². The standard InChI is InChI=1S/C8H16ClNO2/c1-3-4-5-7(9)6-10-8(11)12-2/h7H,3-6H2,1-2H3,(H,10,11). The molecule has 1 N–H and O–H groups in total. The van der Waals surface area contributed by atoms with E-state index in [0.717, 1.165) is 19.3 Å². The smallest absolute Gasteiger partial charge is 0.406 e. The summed E-state index contributed by atoms with van der Waals surface area (Å²) in [5, 5.41) is 2.57. The van der Waals surface area contributed by atoms with E-state index >= 15 is 0 Å². The van der Waals surface area contributed by atoms with Gasteiger partial charge in [0.25, 0.3) is 0 Å². The molecule has 0 rings (SSSR count). The van der Waals surface area contributed by atoms with E-state index in [1.54, 1.807) is 0 Å². The van der Waals surface area contributed by atoms with Crippen LogP contribution in [0.25, 0.3) is 0 Å². The fourth-order valence-corrected chi connectivity index (χ4v) is 1.03. The summed E-state index contributed by atoms with van der Waals surface area (Å²) in [6.07, 6.45) is 2.73. The maximum absolute atomic E-state index is 10.6. The predicted octanol–water partition coefficient (Wildman–Crippen LogP) is 2.14. The highest BCUT2D eigenvalue weighted by Gasteiger charge is 2.05. The van der Waals surface area contributed by atoms with Crippen LogP contribution in [-0.2, 0) is 4.74 Å². The molecule has 3 nitrogen and oxygen atoms in total. The lowest BCUT2D eigenvalue weighted by Crippen LogP contribution is -2.29. The highest BCUT2D eigenvalue weighted by atomic mass is 35.5. The third-order valence-corrected chi connectivity index (χ3v) is 1.90. The van der Waals surface area contributed by atoms with E-state index in [1.165, 1.54) is 7.11 Å². The van der Waals surface area contributed by atoms with Gasteiger partial charge in [0, 0.05) is 6.54 Å². The molecule has 1 atom stereocenters. The van der Waals surface area contributed by atoms with Crippen molar-refractivity contribution in [1.82, 2.24) is 5.32 Å². The maximum Gasteiger partial charge on any atom is 0.406 e. The Labute approximate surface area is 78.4 Å². The van der Waals surface area contributed by atoms with Crippen molar-refractivity contribution in [2.45, 2.75) is 31.6 Å². The van der Waals surface area contributed by atoms with E-state index in [9.17, 15) is 4.79 Å². The van der Waals surface area contributed by atoms with Crippen LogP contribution in [-0.4, -0.2) is 25.1 Å². The molecule has 0 saturated carbocycles. The topological polar surface area (TPSA) is 38.3 Å². The number of halogens is 1. The Bertz CT molecular complexity index is 130. The van der Waals surface area contributed by atoms with Crippen molar-refractivity contribution in [2.24, 2.45) is 0 Å². The van der Waals surface area contributed by atoms with Crippen molar-refractivity contribution in [1.29, 1.82) is 0 Å². The minimum absolute atomic E-state index is 0.0176. The van der Waals surface area contributed by atoms with E-state index in [0.29, 0.717) is 6.54 Å². The van der Waals surface area contributed by atoms with Gasteiger partial charge < -0.3 is 10.1 Å². The van der Waals surface area contributed by atoms with Gasteiger partial charge in [0.1, 0.15) is 0 Å². The van der Waals surface area contributed by atoms with Gasteiger partial charge in [-0.25, -0.2) is 4.79 Å². The first-order valence-corrected chi connectivity index (χ1v) is 4.60. The zero-order valence-corrected chi connectivity index (χ0v) is 8.36. The van der Waals surface area contributed by atoms with E-state index in [1.807, 2.05) is 0 Å². The number of unbranched alkanes of at least 4 members (excludes halogenated alkanes) is 1. The van der Waals surface area contributed by atoms with E-state index in [-0.39, 0.29) is 5.38 Å². The Morgan fingerprint density at radius 1 is 1.67 bits per heavy atom. The fourth-order valence-electron chi connectivity index (χ4n) is 0.794. The van der Waals surface area contributed by atoms with Crippen LogP contribution in [0.3, 0.4) is 0 Å². The lowest BCUT2D eigenvalue weighted by atomic mass is 10.2. The molecule has 0 saturated heterocycles. The Balaban J connectivity index is 3.30. The summed E-state index contributed by atoms with van der Waals surface area (Å²) in [5.41, 5.74) is 0. The number of carbonyl (C=O) groups is 1. The highest BCUT2D eigenvalue weighted by Crippen LogP contribution is 2.05. The predicted molar refractivity (Wildman–Crippen MR) is 49.6 cm³/mol. The summed E-state index contributed by atoms with van der Waals surface area (Å²) in [6.45, 7) is 2.59. The minimum Gasteiger partial charge on any atom is -0.453 e. The molecule has 0 aliphatic rings. The number of ether oxygens (including phenoxy) is 1. The SMILES string of the molecule is CCCCC(Cl)CNC(=O)OC. The average molecular weight is 194 g/mol. The monoisotopic (exact) mass is 193 g/mol. The molecule has 1 unspecified atom stereocenters. The fraction of sp³-hybridized carbons (Fsp3) is 0.875. The molecule has 0 bridgehead atoms. The molecule has 0 radical (unpaired) electrons. The zero-order valence-electron chi connectivity index (χ0n) is 7.60. The number of nitrogens with one attached hydrogen (secondary N) is 1. The van der Waals surface area contributed by atoms with Gasteiger partial charge in [-0.15, -0.1) is 11.6 Å². The second-order valence-corrected chi connectivity index (χ2v) is 3.23. The Morgan fingerprint density at radius 2 is 2.33 bits per heavy atom. The molecule has 72 valence electrons. The van der Waals surface area contributed by atoms with Crippen molar-refractivity contribution in [3.05, 3.63) is 0 Å². The summed E-state index contributed by atoms with van der Waals surface area (Å²) in [7, 11) is 1.34. The summed E-state index contributed by atoms with van der Waals surface area (Å²) in [4.78, 5) is 10.6. The van der Waals surface area contributed by atoms with Gasteiger partial charge in [-0.1, -0.05) is 19.8 Å². The van der Waals surface area contributed by atoms with Crippen LogP contribution in [0, 0.1) is 0 Å². The molecule has 4 heteroatoms. The van der Waals surface area contributed by atoms with Gasteiger partial charge in [-0.2, -0.15) is 0 Å². The number of hydrogen-bond acceptors (Lipinski definition) is 2. The molecule has 0 spiro atoms. The molecular weight excluding hydrogens is 178 g/mol. The van der Waals surface area contributed by atoms with Crippen LogP contribution >= 0.6 is 11.6 Å². The lowest BCUT2D eigenvalue weighted by molar-refractivity contribution is 0.171. The third kappa shape index (κ3) is 6.28. The summed E-state index contributed by atoms with van der Waals surface area (Å²) < 4.78 is 4.40. The summed E-state index contributed by atoms with van der Waals surface area (Å²) >= 11 is 5.89. The number of amides is 1. The van der Waals surface area contributed by atoms with Crippen LogP contribution in [0.15, 0.2) is 0 Å². The van der Waals surface area contributed by atoms with Gasteiger partial charge in [-0.3, -0.25) is 0 Å². The minimum atomic E-state index is -0.419. The van der Waals surface area contributed by atoms with Crippen LogP contribution in [0.5, 0.6) is 0 Å². The Morgan fingerprint density at radius 3 is 2.83 bits per heavy atom. The van der Waals surface area contributed by atoms with Crippen molar-refractivity contribution in [2.75, 3.05) is 13.7 Å².